The van der Waals surface area contributed by atoms with E-state index in [0.717, 1.165) is 38.5 Å². The molecule has 1 aliphatic heterocycles. The monoisotopic (exact) mass is 409 g/mol. The predicted molar refractivity (Wildman–Crippen MR) is 106 cm³/mol. The first kappa shape index (κ1) is 19.8. The lowest BCUT2D eigenvalue weighted by molar-refractivity contribution is -0.917. The first-order valence-corrected chi connectivity index (χ1v) is 9.63. The van der Waals surface area contributed by atoms with Crippen molar-refractivity contribution in [2.45, 2.75) is 6.54 Å². The van der Waals surface area contributed by atoms with Crippen LogP contribution in [0.3, 0.4) is 0 Å². The molecule has 144 valence electrons. The summed E-state index contributed by atoms with van der Waals surface area (Å²) in [5.74, 6) is 1.31. The molecule has 0 aliphatic carbocycles. The van der Waals surface area contributed by atoms with Crippen molar-refractivity contribution in [1.29, 1.82) is 0 Å². The van der Waals surface area contributed by atoms with Gasteiger partial charge < -0.3 is 19.3 Å². The zero-order chi connectivity index (χ0) is 19.2. The number of quaternary nitrogens is 1. The quantitative estimate of drug-likeness (QED) is 0.795. The predicted octanol–water partition coefficient (Wildman–Crippen LogP) is 2.31. The number of nitrogens with zero attached hydrogens (tertiary/aromatic N) is 1. The Bertz CT molecular complexity index is 775. The van der Waals surface area contributed by atoms with E-state index in [2.05, 4.69) is 12.1 Å². The Hall–Kier alpha value is -1.95. The van der Waals surface area contributed by atoms with Crippen LogP contribution in [0.1, 0.15) is 5.56 Å². The Balaban J connectivity index is 1.44. The number of benzene rings is 2. The molecular weight excluding hydrogens is 387 g/mol. The number of carbonyl (C=O) groups is 1. The summed E-state index contributed by atoms with van der Waals surface area (Å²) in [6.45, 7) is 4.21. The van der Waals surface area contributed by atoms with Gasteiger partial charge in [-0.05, 0) is 42.5 Å². The van der Waals surface area contributed by atoms with Gasteiger partial charge in [0.25, 0.3) is 5.91 Å². The van der Waals surface area contributed by atoms with Gasteiger partial charge in [-0.1, -0.05) is 23.2 Å². The number of piperazine rings is 1. The second-order valence-corrected chi connectivity index (χ2v) is 7.36. The molecular formula is C20H23Cl2N2O3+. The van der Waals surface area contributed by atoms with Crippen LogP contribution in [0.25, 0.3) is 0 Å². The maximum atomic E-state index is 12.4. The summed E-state index contributed by atoms with van der Waals surface area (Å²) in [7, 11) is 1.67. The van der Waals surface area contributed by atoms with E-state index in [0.29, 0.717) is 15.8 Å². The van der Waals surface area contributed by atoms with Gasteiger partial charge >= 0.3 is 0 Å². The van der Waals surface area contributed by atoms with E-state index in [9.17, 15) is 4.79 Å². The summed E-state index contributed by atoms with van der Waals surface area (Å²) in [6.07, 6.45) is 0. The second kappa shape index (κ2) is 9.31. The molecule has 0 atom stereocenters. The first-order chi connectivity index (χ1) is 13.0. The standard InChI is InChI=1S/C20H22Cl2N2O3/c1-26-17-5-2-15(3-6-17)13-23-8-10-24(11-9-23)20(25)14-27-19-7-4-16(21)12-18(19)22/h2-7,12H,8-11,13-14H2,1H3/p+1. The van der Waals surface area contributed by atoms with Crippen molar-refractivity contribution >= 4 is 29.1 Å². The minimum absolute atomic E-state index is 0.0187. The van der Waals surface area contributed by atoms with E-state index in [-0.39, 0.29) is 12.5 Å². The van der Waals surface area contributed by atoms with Crippen molar-refractivity contribution in [3.8, 4) is 11.5 Å². The highest BCUT2D eigenvalue weighted by molar-refractivity contribution is 6.35. The van der Waals surface area contributed by atoms with Gasteiger partial charge in [-0.3, -0.25) is 4.79 Å². The van der Waals surface area contributed by atoms with Crippen molar-refractivity contribution in [3.63, 3.8) is 0 Å². The molecule has 5 nitrogen and oxygen atoms in total. The summed E-state index contributed by atoms with van der Waals surface area (Å²) in [5, 5.41) is 0.943. The molecule has 1 saturated heterocycles. The third-order valence-electron chi connectivity index (χ3n) is 4.68. The van der Waals surface area contributed by atoms with Crippen LogP contribution < -0.4 is 14.4 Å². The van der Waals surface area contributed by atoms with Gasteiger partial charge in [-0.15, -0.1) is 0 Å². The SMILES string of the molecule is COc1ccc(C[NH+]2CCN(C(=O)COc3ccc(Cl)cc3Cl)CC2)cc1. The molecule has 0 unspecified atom stereocenters. The fourth-order valence-corrected chi connectivity index (χ4v) is 3.57. The molecule has 0 spiro atoms. The van der Waals surface area contributed by atoms with E-state index in [1.807, 2.05) is 17.0 Å². The largest absolute Gasteiger partial charge is 0.497 e. The summed E-state index contributed by atoms with van der Waals surface area (Å²) >= 11 is 11.9. The van der Waals surface area contributed by atoms with E-state index in [1.54, 1.807) is 25.3 Å². The van der Waals surface area contributed by atoms with Gasteiger partial charge in [0.1, 0.15) is 18.0 Å². The van der Waals surface area contributed by atoms with Crippen molar-refractivity contribution in [2.75, 3.05) is 39.9 Å². The van der Waals surface area contributed by atoms with Crippen LogP contribution in [-0.4, -0.2) is 50.7 Å². The zero-order valence-electron chi connectivity index (χ0n) is 15.2. The number of carbonyl (C=O) groups excluding carboxylic acids is 1. The normalized spacial score (nSPS) is 14.9. The van der Waals surface area contributed by atoms with Crippen molar-refractivity contribution in [3.05, 3.63) is 58.1 Å². The van der Waals surface area contributed by atoms with Gasteiger partial charge in [0, 0.05) is 10.6 Å². The molecule has 7 heteroatoms. The summed E-state index contributed by atoms with van der Waals surface area (Å²) < 4.78 is 10.7. The third kappa shape index (κ3) is 5.51. The lowest BCUT2D eigenvalue weighted by atomic mass is 10.2. The summed E-state index contributed by atoms with van der Waals surface area (Å²) in [4.78, 5) is 15.7. The van der Waals surface area contributed by atoms with Crippen LogP contribution in [0.5, 0.6) is 11.5 Å². The van der Waals surface area contributed by atoms with Crippen LogP contribution in [-0.2, 0) is 11.3 Å². The molecule has 0 radical (unpaired) electrons. The van der Waals surface area contributed by atoms with Gasteiger partial charge in [0.05, 0.1) is 38.3 Å². The minimum atomic E-state index is -0.0236. The molecule has 1 aliphatic rings. The zero-order valence-corrected chi connectivity index (χ0v) is 16.7. The van der Waals surface area contributed by atoms with E-state index < -0.39 is 0 Å². The van der Waals surface area contributed by atoms with Gasteiger partial charge in [0.2, 0.25) is 0 Å². The highest BCUT2D eigenvalue weighted by Gasteiger charge is 2.24. The van der Waals surface area contributed by atoms with Gasteiger partial charge in [0.15, 0.2) is 6.61 Å². The fourth-order valence-electron chi connectivity index (χ4n) is 3.10. The van der Waals surface area contributed by atoms with Crippen LogP contribution >= 0.6 is 23.2 Å². The number of amides is 1. The molecule has 27 heavy (non-hydrogen) atoms. The van der Waals surface area contributed by atoms with E-state index >= 15 is 0 Å². The second-order valence-electron chi connectivity index (χ2n) is 6.52. The Morgan fingerprint density at radius 3 is 2.44 bits per heavy atom. The molecule has 3 rings (SSSR count). The third-order valence-corrected chi connectivity index (χ3v) is 5.21. The number of methoxy groups -OCH3 is 1. The van der Waals surface area contributed by atoms with Crippen LogP contribution in [0.2, 0.25) is 10.0 Å². The Morgan fingerprint density at radius 1 is 1.11 bits per heavy atom. The van der Waals surface area contributed by atoms with E-state index in [1.165, 1.54) is 10.5 Å². The summed E-state index contributed by atoms with van der Waals surface area (Å²) in [6, 6.07) is 13.1. The molecule has 1 N–H and O–H groups in total. The molecule has 0 saturated carbocycles. The summed E-state index contributed by atoms with van der Waals surface area (Å²) in [5.41, 5.74) is 1.27. The molecule has 2 aromatic rings. The Labute approximate surface area is 169 Å². The highest BCUT2D eigenvalue weighted by Crippen LogP contribution is 2.27. The first-order valence-electron chi connectivity index (χ1n) is 8.87. The molecule has 2 aromatic carbocycles. The Morgan fingerprint density at radius 2 is 1.81 bits per heavy atom. The Kier molecular flexibility index (Phi) is 6.83. The highest BCUT2D eigenvalue weighted by atomic mass is 35.5. The van der Waals surface area contributed by atoms with Crippen LogP contribution in [0, 0.1) is 0 Å². The topological polar surface area (TPSA) is 43.2 Å². The van der Waals surface area contributed by atoms with Gasteiger partial charge in [-0.2, -0.15) is 0 Å². The number of hydrogen-bond acceptors (Lipinski definition) is 3. The smallest absolute Gasteiger partial charge is 0.260 e. The average Bonchev–Trinajstić information content (AvgIpc) is 2.68. The molecule has 1 fully saturated rings. The molecule has 1 heterocycles. The number of rotatable bonds is 6. The molecule has 1 amide bonds. The number of ether oxygens (including phenoxy) is 2. The van der Waals surface area contributed by atoms with Crippen molar-refractivity contribution in [2.24, 2.45) is 0 Å². The van der Waals surface area contributed by atoms with Crippen molar-refractivity contribution in [1.82, 2.24) is 4.90 Å². The lowest BCUT2D eigenvalue weighted by Crippen LogP contribution is -3.13. The minimum Gasteiger partial charge on any atom is -0.497 e. The average molecular weight is 410 g/mol. The van der Waals surface area contributed by atoms with Gasteiger partial charge in [-0.25, -0.2) is 0 Å². The van der Waals surface area contributed by atoms with Crippen LogP contribution in [0.15, 0.2) is 42.5 Å². The lowest BCUT2D eigenvalue weighted by Gasteiger charge is -2.32. The molecule has 0 aromatic heterocycles. The number of nitrogens with one attached hydrogen (secondary N) is 1. The van der Waals surface area contributed by atoms with E-state index in [4.69, 9.17) is 32.7 Å². The fraction of sp³-hybridized carbons (Fsp3) is 0.350. The maximum absolute atomic E-state index is 12.4. The van der Waals surface area contributed by atoms with Crippen LogP contribution in [0.4, 0.5) is 0 Å². The maximum Gasteiger partial charge on any atom is 0.260 e. The number of halogens is 2. The van der Waals surface area contributed by atoms with Crippen molar-refractivity contribution < 1.29 is 19.2 Å². The molecule has 0 bridgehead atoms. The number of hydrogen-bond donors (Lipinski definition) is 1.